The molecular formula is C6H16NP. The number of nitrogens with zero attached hydrogens (tertiary/aromatic N) is 1. The molecule has 0 aliphatic rings. The fourth-order valence-electron chi connectivity index (χ4n) is 0.470. The quantitative estimate of drug-likeness (QED) is 0.519. The van der Waals surface area contributed by atoms with Gasteiger partial charge in [-0.15, -0.1) is 0 Å². The van der Waals surface area contributed by atoms with E-state index < -0.39 is 0 Å². The van der Waals surface area contributed by atoms with Crippen LogP contribution in [0.5, 0.6) is 0 Å². The van der Waals surface area contributed by atoms with Crippen molar-refractivity contribution in [3.8, 4) is 0 Å². The topological polar surface area (TPSA) is 3.24 Å². The van der Waals surface area contributed by atoms with Crippen molar-refractivity contribution in [2.75, 3.05) is 7.05 Å². The summed E-state index contributed by atoms with van der Waals surface area (Å²) in [7, 11) is 4.75. The molecule has 0 bridgehead atoms. The minimum Gasteiger partial charge on any atom is -0.287 e. The lowest BCUT2D eigenvalue weighted by Gasteiger charge is -2.22. The predicted octanol–water partition coefficient (Wildman–Crippen LogP) is 1.75. The molecule has 1 nitrogen and oxygen atoms in total. The van der Waals surface area contributed by atoms with Gasteiger partial charge in [-0.05, 0) is 19.9 Å². The summed E-state index contributed by atoms with van der Waals surface area (Å²) in [4.78, 5) is 0. The highest BCUT2D eigenvalue weighted by molar-refractivity contribution is 7.13. The van der Waals surface area contributed by atoms with Gasteiger partial charge in [0.2, 0.25) is 0 Å². The molecule has 0 amide bonds. The van der Waals surface area contributed by atoms with Gasteiger partial charge in [0.15, 0.2) is 0 Å². The summed E-state index contributed by atoms with van der Waals surface area (Å²) >= 11 is 0. The van der Waals surface area contributed by atoms with Gasteiger partial charge in [-0.2, -0.15) is 0 Å². The zero-order chi connectivity index (χ0) is 6.73. The van der Waals surface area contributed by atoms with Crippen LogP contribution in [0.15, 0.2) is 0 Å². The van der Waals surface area contributed by atoms with Crippen LogP contribution in [0.4, 0.5) is 0 Å². The van der Waals surface area contributed by atoms with Gasteiger partial charge in [0, 0.05) is 6.04 Å². The Kier molecular flexibility index (Phi) is 3.59. The first kappa shape index (κ1) is 8.39. The van der Waals surface area contributed by atoms with Crippen LogP contribution >= 0.6 is 9.39 Å². The van der Waals surface area contributed by atoms with Crippen LogP contribution < -0.4 is 0 Å². The molecule has 0 fully saturated rings. The van der Waals surface area contributed by atoms with Crippen molar-refractivity contribution < 1.29 is 0 Å². The smallest absolute Gasteiger partial charge is 0.0121 e. The van der Waals surface area contributed by atoms with Crippen LogP contribution in [0.3, 0.4) is 0 Å². The van der Waals surface area contributed by atoms with Gasteiger partial charge in [-0.1, -0.05) is 23.2 Å². The predicted molar refractivity (Wildman–Crippen MR) is 41.8 cm³/mol. The highest BCUT2D eigenvalue weighted by atomic mass is 31.0. The molecule has 0 aromatic rings. The Morgan fingerprint density at radius 2 is 1.62 bits per heavy atom. The third kappa shape index (κ3) is 2.64. The molecule has 0 rings (SSSR count). The standard InChI is InChI=1S/C6H16NP/c1-5(2)6(3)7(4)8/h5-6H,8H2,1-4H3. The third-order valence-electron chi connectivity index (χ3n) is 1.61. The molecule has 0 aromatic carbocycles. The normalized spacial score (nSPS) is 15.4. The van der Waals surface area contributed by atoms with E-state index in [1.54, 1.807) is 0 Å². The van der Waals surface area contributed by atoms with Crippen LogP contribution in [0.2, 0.25) is 0 Å². The maximum atomic E-state index is 2.67. The van der Waals surface area contributed by atoms with Crippen LogP contribution in [0, 0.1) is 5.92 Å². The van der Waals surface area contributed by atoms with Crippen LogP contribution in [0.1, 0.15) is 20.8 Å². The summed E-state index contributed by atoms with van der Waals surface area (Å²) in [5, 5.41) is 0. The van der Waals surface area contributed by atoms with E-state index in [0.29, 0.717) is 6.04 Å². The van der Waals surface area contributed by atoms with E-state index in [4.69, 9.17) is 0 Å². The van der Waals surface area contributed by atoms with Gasteiger partial charge < -0.3 is 0 Å². The molecule has 2 unspecified atom stereocenters. The average molecular weight is 133 g/mol. The van der Waals surface area contributed by atoms with E-state index in [1.807, 2.05) is 0 Å². The van der Waals surface area contributed by atoms with Crippen molar-refractivity contribution in [2.24, 2.45) is 5.92 Å². The van der Waals surface area contributed by atoms with Crippen molar-refractivity contribution in [1.29, 1.82) is 0 Å². The molecule has 0 radical (unpaired) electrons. The van der Waals surface area contributed by atoms with Gasteiger partial charge in [0.25, 0.3) is 0 Å². The Bertz CT molecular complexity index is 53.5. The van der Waals surface area contributed by atoms with E-state index in [0.717, 1.165) is 5.92 Å². The number of hydrogen-bond donors (Lipinski definition) is 0. The lowest BCUT2D eigenvalue weighted by Crippen LogP contribution is -2.24. The lowest BCUT2D eigenvalue weighted by molar-refractivity contribution is 0.341. The second-order valence-electron chi connectivity index (χ2n) is 2.65. The summed E-state index contributed by atoms with van der Waals surface area (Å²) in [6, 6.07) is 0.667. The summed E-state index contributed by atoms with van der Waals surface area (Å²) in [5.41, 5.74) is 0. The Morgan fingerprint density at radius 1 is 1.25 bits per heavy atom. The maximum Gasteiger partial charge on any atom is 0.0121 e. The molecule has 2 atom stereocenters. The SMILES string of the molecule is CC(C)C(C)N(C)P. The second-order valence-corrected chi connectivity index (χ2v) is 3.46. The van der Waals surface area contributed by atoms with Crippen molar-refractivity contribution >= 4 is 9.39 Å². The number of hydrogen-bond acceptors (Lipinski definition) is 1. The molecule has 0 saturated heterocycles. The summed E-state index contributed by atoms with van der Waals surface area (Å²) in [6.07, 6.45) is 0. The van der Waals surface area contributed by atoms with E-state index in [2.05, 4.69) is 41.9 Å². The Morgan fingerprint density at radius 3 is 1.62 bits per heavy atom. The summed E-state index contributed by atoms with van der Waals surface area (Å²) in [6.45, 7) is 6.67. The fraction of sp³-hybridized carbons (Fsp3) is 1.00. The van der Waals surface area contributed by atoms with E-state index in [1.165, 1.54) is 0 Å². The van der Waals surface area contributed by atoms with E-state index in [9.17, 15) is 0 Å². The molecule has 0 aliphatic carbocycles. The first-order valence-electron chi connectivity index (χ1n) is 3.03. The molecule has 50 valence electrons. The Labute approximate surface area is 54.7 Å². The van der Waals surface area contributed by atoms with Gasteiger partial charge in [0.1, 0.15) is 0 Å². The second kappa shape index (κ2) is 3.42. The zero-order valence-corrected chi connectivity index (χ0v) is 7.33. The minimum absolute atomic E-state index is 0.667. The van der Waals surface area contributed by atoms with Gasteiger partial charge in [0.05, 0.1) is 0 Å². The monoisotopic (exact) mass is 133 g/mol. The molecule has 0 aliphatic heterocycles. The molecule has 0 aromatic heterocycles. The van der Waals surface area contributed by atoms with Gasteiger partial charge in [-0.3, -0.25) is 4.67 Å². The zero-order valence-electron chi connectivity index (χ0n) is 6.18. The van der Waals surface area contributed by atoms with Crippen molar-refractivity contribution in [3.05, 3.63) is 0 Å². The van der Waals surface area contributed by atoms with Crippen molar-refractivity contribution in [3.63, 3.8) is 0 Å². The van der Waals surface area contributed by atoms with Crippen LogP contribution in [-0.4, -0.2) is 17.8 Å². The molecule has 0 saturated carbocycles. The molecule has 8 heavy (non-hydrogen) atoms. The van der Waals surface area contributed by atoms with Crippen molar-refractivity contribution in [2.45, 2.75) is 26.8 Å². The summed E-state index contributed by atoms with van der Waals surface area (Å²) in [5.74, 6) is 0.748. The van der Waals surface area contributed by atoms with Crippen LogP contribution in [-0.2, 0) is 0 Å². The highest BCUT2D eigenvalue weighted by Gasteiger charge is 2.07. The minimum atomic E-state index is 0.667. The Balaban J connectivity index is 3.46. The largest absolute Gasteiger partial charge is 0.287 e. The van der Waals surface area contributed by atoms with E-state index >= 15 is 0 Å². The summed E-state index contributed by atoms with van der Waals surface area (Å²) < 4.78 is 2.16. The lowest BCUT2D eigenvalue weighted by atomic mass is 10.1. The third-order valence-corrected chi connectivity index (χ3v) is 2.08. The molecule has 0 N–H and O–H groups in total. The van der Waals surface area contributed by atoms with Crippen LogP contribution in [0.25, 0.3) is 0 Å². The van der Waals surface area contributed by atoms with Gasteiger partial charge >= 0.3 is 0 Å². The Hall–Kier alpha value is 0.390. The maximum absolute atomic E-state index is 2.67. The van der Waals surface area contributed by atoms with Gasteiger partial charge in [-0.25, -0.2) is 0 Å². The average Bonchev–Trinajstić information content (AvgIpc) is 1.64. The molecule has 0 spiro atoms. The molecule has 0 heterocycles. The van der Waals surface area contributed by atoms with Crippen molar-refractivity contribution in [1.82, 2.24) is 4.67 Å². The highest BCUT2D eigenvalue weighted by Crippen LogP contribution is 2.10. The molecule has 2 heteroatoms. The fourth-order valence-corrected chi connectivity index (χ4v) is 0.815. The number of rotatable bonds is 2. The molecular weight excluding hydrogens is 117 g/mol. The van der Waals surface area contributed by atoms with E-state index in [-0.39, 0.29) is 0 Å². The first-order valence-corrected chi connectivity index (χ1v) is 3.55. The first-order chi connectivity index (χ1) is 3.55.